The maximum Gasteiger partial charge on any atom is -0.0103 e. The minimum Gasteiger partial charge on any atom is -0.0958 e. The van der Waals surface area contributed by atoms with Crippen molar-refractivity contribution < 1.29 is 0 Å². The zero-order valence-electron chi connectivity index (χ0n) is 12.8. The van der Waals surface area contributed by atoms with Crippen LogP contribution in [0, 0.1) is 11.8 Å². The Kier molecular flexibility index (Phi) is 7.55. The molecule has 0 heteroatoms. The van der Waals surface area contributed by atoms with Gasteiger partial charge in [-0.2, -0.15) is 0 Å². The van der Waals surface area contributed by atoms with Gasteiger partial charge in [0.1, 0.15) is 0 Å². The highest BCUT2D eigenvalue weighted by Crippen LogP contribution is 2.30. The van der Waals surface area contributed by atoms with Gasteiger partial charge in [-0.25, -0.2) is 0 Å². The molecular formula is C19H30. The molecule has 0 bridgehead atoms. The van der Waals surface area contributed by atoms with Gasteiger partial charge in [-0.1, -0.05) is 75.3 Å². The Morgan fingerprint density at radius 1 is 1.00 bits per heavy atom. The molecule has 1 aliphatic carbocycles. The zero-order valence-corrected chi connectivity index (χ0v) is 12.8. The van der Waals surface area contributed by atoms with E-state index in [1.54, 1.807) is 0 Å². The Balaban J connectivity index is 2.18. The maximum absolute atomic E-state index is 4.08. The first kappa shape index (κ1) is 16.0. The van der Waals surface area contributed by atoms with Crippen LogP contribution in [0.2, 0.25) is 0 Å². The molecule has 0 saturated heterocycles. The third-order valence-electron chi connectivity index (χ3n) is 4.16. The van der Waals surface area contributed by atoms with Crippen LogP contribution in [0.3, 0.4) is 0 Å². The highest BCUT2D eigenvalue weighted by molar-refractivity contribution is 5.25. The quantitative estimate of drug-likeness (QED) is 0.375. The molecule has 1 fully saturated rings. The van der Waals surface area contributed by atoms with Crippen molar-refractivity contribution in [1.82, 2.24) is 0 Å². The minimum atomic E-state index is 0.927. The summed E-state index contributed by atoms with van der Waals surface area (Å²) in [6.07, 6.45) is 17.7. The molecule has 1 saturated carbocycles. The topological polar surface area (TPSA) is 0 Å². The van der Waals surface area contributed by atoms with Crippen LogP contribution in [0.1, 0.15) is 58.8 Å². The van der Waals surface area contributed by atoms with E-state index in [1.807, 2.05) is 0 Å². The van der Waals surface area contributed by atoms with Gasteiger partial charge in [0.2, 0.25) is 0 Å². The summed E-state index contributed by atoms with van der Waals surface area (Å²) >= 11 is 0. The molecule has 1 aliphatic rings. The molecule has 0 atom stereocenters. The van der Waals surface area contributed by atoms with Gasteiger partial charge in [-0.15, -0.1) is 0 Å². The second kappa shape index (κ2) is 8.96. The van der Waals surface area contributed by atoms with E-state index >= 15 is 0 Å². The molecule has 1 rings (SSSR count). The number of rotatable bonds is 7. The molecule has 0 radical (unpaired) electrons. The molecule has 0 aromatic rings. The smallest absolute Gasteiger partial charge is 0.0103 e. The van der Waals surface area contributed by atoms with Crippen molar-refractivity contribution in [3.05, 3.63) is 48.6 Å². The first-order valence-electron chi connectivity index (χ1n) is 7.80. The van der Waals surface area contributed by atoms with Crippen molar-refractivity contribution in [2.24, 2.45) is 11.8 Å². The van der Waals surface area contributed by atoms with Crippen LogP contribution in [0.5, 0.6) is 0 Å². The van der Waals surface area contributed by atoms with Crippen LogP contribution in [0.15, 0.2) is 48.6 Å². The largest absolute Gasteiger partial charge is 0.0958 e. The summed E-state index contributed by atoms with van der Waals surface area (Å²) in [7, 11) is 0. The molecule has 19 heavy (non-hydrogen) atoms. The fourth-order valence-electron chi connectivity index (χ4n) is 2.51. The summed E-state index contributed by atoms with van der Waals surface area (Å²) in [5.74, 6) is 1.88. The lowest BCUT2D eigenvalue weighted by molar-refractivity contribution is 0.292. The summed E-state index contributed by atoms with van der Waals surface area (Å²) in [5.41, 5.74) is 2.34. The van der Waals surface area contributed by atoms with Gasteiger partial charge in [0.05, 0.1) is 0 Å². The van der Waals surface area contributed by atoms with Gasteiger partial charge >= 0.3 is 0 Å². The fraction of sp³-hybridized carbons (Fsp3) is 0.579. The minimum absolute atomic E-state index is 0.927. The summed E-state index contributed by atoms with van der Waals surface area (Å²) < 4.78 is 0. The van der Waals surface area contributed by atoms with Crippen LogP contribution in [-0.2, 0) is 0 Å². The molecule has 0 aromatic heterocycles. The molecule has 0 amide bonds. The first-order chi connectivity index (χ1) is 9.11. The lowest BCUT2D eigenvalue weighted by Crippen LogP contribution is -2.11. The van der Waals surface area contributed by atoms with E-state index in [0.29, 0.717) is 0 Å². The highest BCUT2D eigenvalue weighted by atomic mass is 14.2. The van der Waals surface area contributed by atoms with Gasteiger partial charge < -0.3 is 0 Å². The number of hydrogen-bond acceptors (Lipinski definition) is 0. The predicted octanol–water partition coefficient (Wildman–Crippen LogP) is 6.23. The summed E-state index contributed by atoms with van der Waals surface area (Å²) in [5, 5.41) is 0. The Morgan fingerprint density at radius 3 is 2.26 bits per heavy atom. The van der Waals surface area contributed by atoms with E-state index in [9.17, 15) is 0 Å². The van der Waals surface area contributed by atoms with E-state index in [4.69, 9.17) is 0 Å². The van der Waals surface area contributed by atoms with Crippen LogP contribution < -0.4 is 0 Å². The normalized spacial score (nSPS) is 24.1. The third kappa shape index (κ3) is 7.20. The average Bonchev–Trinajstić information content (AvgIpc) is 2.42. The molecule has 0 unspecified atom stereocenters. The Bertz CT molecular complexity index is 335. The SMILES string of the molecule is C=C(/C=C\C(=C)C/C=C\CC1CCC(C)CC1)CC. The Labute approximate surface area is 120 Å². The van der Waals surface area contributed by atoms with Gasteiger partial charge in [-0.05, 0) is 43.9 Å². The Morgan fingerprint density at radius 2 is 1.63 bits per heavy atom. The summed E-state index contributed by atoms with van der Waals surface area (Å²) in [6.45, 7) is 12.5. The van der Waals surface area contributed by atoms with E-state index in [-0.39, 0.29) is 0 Å². The van der Waals surface area contributed by atoms with Gasteiger partial charge in [0, 0.05) is 0 Å². The average molecular weight is 258 g/mol. The molecule has 106 valence electrons. The van der Waals surface area contributed by atoms with Crippen molar-refractivity contribution in [2.45, 2.75) is 58.8 Å². The van der Waals surface area contributed by atoms with Crippen molar-refractivity contribution in [1.29, 1.82) is 0 Å². The number of allylic oxidation sites excluding steroid dienone is 6. The Hall–Kier alpha value is -1.04. The lowest BCUT2D eigenvalue weighted by atomic mass is 9.81. The van der Waals surface area contributed by atoms with E-state index in [1.165, 1.54) is 43.3 Å². The van der Waals surface area contributed by atoms with Crippen molar-refractivity contribution in [3.8, 4) is 0 Å². The molecular weight excluding hydrogens is 228 g/mol. The highest BCUT2D eigenvalue weighted by Gasteiger charge is 2.16. The standard InChI is InChI=1S/C19H30/c1-5-16(2)10-11-17(3)8-6-7-9-19-14-12-18(4)13-15-19/h6-7,10-11,18-19H,2-3,5,8-9,12-15H2,1,4H3/b7-6-,11-10-. The van der Waals surface area contributed by atoms with Gasteiger partial charge in [0.25, 0.3) is 0 Å². The second-order valence-electron chi connectivity index (χ2n) is 6.04. The molecule has 0 aromatic carbocycles. The second-order valence-corrected chi connectivity index (χ2v) is 6.04. The van der Waals surface area contributed by atoms with E-state index in [2.05, 4.69) is 51.3 Å². The zero-order chi connectivity index (χ0) is 14.1. The maximum atomic E-state index is 4.08. The summed E-state index contributed by atoms with van der Waals surface area (Å²) in [6, 6.07) is 0. The monoisotopic (exact) mass is 258 g/mol. The number of hydrogen-bond donors (Lipinski definition) is 0. The van der Waals surface area contributed by atoms with Crippen LogP contribution in [0.25, 0.3) is 0 Å². The molecule has 0 nitrogen and oxygen atoms in total. The predicted molar refractivity (Wildman–Crippen MR) is 87.2 cm³/mol. The molecule has 0 N–H and O–H groups in total. The summed E-state index contributed by atoms with van der Waals surface area (Å²) in [4.78, 5) is 0. The first-order valence-corrected chi connectivity index (χ1v) is 7.80. The van der Waals surface area contributed by atoms with E-state index in [0.717, 1.165) is 24.7 Å². The van der Waals surface area contributed by atoms with Crippen molar-refractivity contribution in [2.75, 3.05) is 0 Å². The van der Waals surface area contributed by atoms with Crippen LogP contribution in [-0.4, -0.2) is 0 Å². The van der Waals surface area contributed by atoms with Crippen molar-refractivity contribution in [3.63, 3.8) is 0 Å². The van der Waals surface area contributed by atoms with Crippen LogP contribution >= 0.6 is 0 Å². The third-order valence-corrected chi connectivity index (χ3v) is 4.16. The molecule has 0 spiro atoms. The van der Waals surface area contributed by atoms with Gasteiger partial charge in [0.15, 0.2) is 0 Å². The van der Waals surface area contributed by atoms with E-state index < -0.39 is 0 Å². The lowest BCUT2D eigenvalue weighted by Gasteiger charge is -2.25. The van der Waals surface area contributed by atoms with Crippen LogP contribution in [0.4, 0.5) is 0 Å². The molecule has 0 heterocycles. The van der Waals surface area contributed by atoms with Gasteiger partial charge in [-0.3, -0.25) is 0 Å². The molecule has 0 aliphatic heterocycles. The van der Waals surface area contributed by atoms with Crippen molar-refractivity contribution >= 4 is 0 Å². The fourth-order valence-corrected chi connectivity index (χ4v) is 2.51.